The first-order chi connectivity index (χ1) is 19.3. The number of carbonyl (C=O) groups excluding carboxylic acids is 2. The number of hydrogen-bond donors (Lipinski definition) is 3. The maximum atomic E-state index is 13.5. The minimum atomic E-state index is -0.742. The van der Waals surface area contributed by atoms with Crippen LogP contribution < -0.4 is 16.5 Å². The molecule has 2 saturated heterocycles. The van der Waals surface area contributed by atoms with Crippen molar-refractivity contribution >= 4 is 40.3 Å². The highest BCUT2D eigenvalue weighted by molar-refractivity contribution is 6.40. The van der Waals surface area contributed by atoms with E-state index in [1.54, 1.807) is 4.90 Å². The number of likely N-dealkylation sites (tertiary alicyclic amines) is 2. The molecule has 4 heterocycles. The summed E-state index contributed by atoms with van der Waals surface area (Å²) in [5.74, 6) is -1.05. The fourth-order valence-corrected chi connectivity index (χ4v) is 6.71. The number of fused-ring (bicyclic) bond motifs is 1. The summed E-state index contributed by atoms with van der Waals surface area (Å²) >= 11 is 0. The number of hydrogen-bond acceptors (Lipinski definition) is 6. The number of benzene rings is 1. The Hall–Kier alpha value is -3.79. The number of rotatable bonds is 4. The number of amides is 2. The maximum absolute atomic E-state index is 13.5. The molecule has 218 valence electrons. The summed E-state index contributed by atoms with van der Waals surface area (Å²) in [4.78, 5) is 34.9. The Bertz CT molecular complexity index is 1470. The van der Waals surface area contributed by atoms with E-state index < -0.39 is 11.8 Å². The van der Waals surface area contributed by atoms with Crippen LogP contribution in [-0.2, 0) is 9.59 Å². The van der Waals surface area contributed by atoms with Crippen molar-refractivity contribution < 1.29 is 15.0 Å². The molecule has 2 atom stereocenters. The first kappa shape index (κ1) is 28.7. The van der Waals surface area contributed by atoms with E-state index in [1.165, 1.54) is 18.6 Å². The summed E-state index contributed by atoms with van der Waals surface area (Å²) in [5, 5.41) is 14.3. The summed E-state index contributed by atoms with van der Waals surface area (Å²) in [6.07, 6.45) is 10.1. The number of pyridine rings is 1. The smallest absolute Gasteiger partial charge is 0.314 e. The Kier molecular flexibility index (Phi) is 7.40. The van der Waals surface area contributed by atoms with E-state index in [2.05, 4.69) is 73.8 Å². The van der Waals surface area contributed by atoms with Crippen molar-refractivity contribution in [1.82, 2.24) is 24.6 Å². The van der Waals surface area contributed by atoms with Crippen LogP contribution in [0.3, 0.4) is 0 Å². The summed E-state index contributed by atoms with van der Waals surface area (Å²) in [5.41, 5.74) is 9.18. The molecule has 2 amide bonds. The maximum Gasteiger partial charge on any atom is 0.314 e. The van der Waals surface area contributed by atoms with Crippen molar-refractivity contribution in [1.29, 1.82) is 0 Å². The zero-order valence-electron chi connectivity index (χ0n) is 25.0. The van der Waals surface area contributed by atoms with Gasteiger partial charge in [0.1, 0.15) is 0 Å². The van der Waals surface area contributed by atoms with E-state index >= 15 is 0 Å². The van der Waals surface area contributed by atoms with Crippen LogP contribution in [0.4, 0.5) is 11.4 Å². The standard InChI is InChI=1S/C31H42N8O2/c1-19-7-10-26(38(17-19)29(41)28(40)35-25-16-34-15-22(14-32)27(25)33)20-8-9-24-21(11-20)18-39(36-24)23-12-30(2,3)37(6)31(4,5)13-23/h8-9,11,14-16,18-19,23,26,32H,7,10,12-13,17H2,1-6H3,(H2,33,34)(H,35,40)/p+1/t19-,26+/m0/s1. The Morgan fingerprint density at radius 1 is 1.12 bits per heavy atom. The monoisotopic (exact) mass is 559 g/mol. The Morgan fingerprint density at radius 2 is 1.83 bits per heavy atom. The molecule has 0 aliphatic carbocycles. The Morgan fingerprint density at radius 3 is 2.51 bits per heavy atom. The largest absolute Gasteiger partial charge is 0.396 e. The predicted molar refractivity (Wildman–Crippen MR) is 161 cm³/mol. The molecule has 0 bridgehead atoms. The minimum Gasteiger partial charge on any atom is -0.396 e. The van der Waals surface area contributed by atoms with Crippen LogP contribution in [0, 0.1) is 5.92 Å². The number of nitrogens with zero attached hydrogens (tertiary/aromatic N) is 5. The van der Waals surface area contributed by atoms with Gasteiger partial charge in [-0.2, -0.15) is 5.10 Å². The van der Waals surface area contributed by atoms with Crippen LogP contribution in [0.15, 0.2) is 36.8 Å². The van der Waals surface area contributed by atoms with Gasteiger partial charge in [-0.3, -0.25) is 29.6 Å². The lowest BCUT2D eigenvalue weighted by molar-refractivity contribution is -0.146. The molecule has 2 aliphatic heterocycles. The fraction of sp³-hybridized carbons (Fsp3) is 0.516. The molecule has 0 unspecified atom stereocenters. The molecule has 2 fully saturated rings. The van der Waals surface area contributed by atoms with Gasteiger partial charge in [0, 0.05) is 35.4 Å². The van der Waals surface area contributed by atoms with Gasteiger partial charge >= 0.3 is 11.8 Å². The molecule has 3 aromatic rings. The molecule has 1 aromatic carbocycles. The lowest BCUT2D eigenvalue weighted by atomic mass is 9.77. The highest BCUT2D eigenvalue weighted by Gasteiger charge is 2.44. The first-order valence-electron chi connectivity index (χ1n) is 14.4. The van der Waals surface area contributed by atoms with Gasteiger partial charge < -0.3 is 16.0 Å². The normalized spacial score (nSPS) is 22.9. The van der Waals surface area contributed by atoms with E-state index in [-0.39, 0.29) is 34.4 Å². The first-order valence-corrected chi connectivity index (χ1v) is 14.4. The van der Waals surface area contributed by atoms with Crippen LogP contribution in [-0.4, -0.2) is 67.3 Å². The second-order valence-electron chi connectivity index (χ2n) is 13.1. The van der Waals surface area contributed by atoms with Gasteiger partial charge in [-0.15, -0.1) is 0 Å². The Labute approximate surface area is 241 Å². The van der Waals surface area contributed by atoms with E-state index in [0.717, 1.165) is 42.1 Å². The average molecular weight is 560 g/mol. The van der Waals surface area contributed by atoms with Gasteiger partial charge in [-0.05, 0) is 84.0 Å². The van der Waals surface area contributed by atoms with Crippen LogP contribution in [0.25, 0.3) is 10.9 Å². The molecule has 5 rings (SSSR count). The van der Waals surface area contributed by atoms with E-state index in [9.17, 15) is 9.59 Å². The third kappa shape index (κ3) is 5.45. The number of nitrogen functional groups attached to an aromatic ring is 1. The second kappa shape index (κ2) is 10.6. The molecule has 41 heavy (non-hydrogen) atoms. The van der Waals surface area contributed by atoms with Crippen LogP contribution in [0.1, 0.15) is 83.5 Å². The molecular formula is C31H43N8O2+. The highest BCUT2D eigenvalue weighted by Crippen LogP contribution is 2.43. The minimum absolute atomic E-state index is 0.0561. The lowest BCUT2D eigenvalue weighted by Gasteiger charge is -2.53. The molecule has 0 saturated carbocycles. The fourth-order valence-electron chi connectivity index (χ4n) is 6.71. The van der Waals surface area contributed by atoms with Crippen molar-refractivity contribution in [2.24, 2.45) is 5.92 Å². The van der Waals surface area contributed by atoms with Crippen LogP contribution in [0.5, 0.6) is 0 Å². The molecule has 10 nitrogen and oxygen atoms in total. The summed E-state index contributed by atoms with van der Waals surface area (Å²) in [7, 11) is 2.21. The summed E-state index contributed by atoms with van der Waals surface area (Å²) in [6, 6.07) is 6.29. The number of carbonyl (C=O) groups is 2. The van der Waals surface area contributed by atoms with Crippen LogP contribution >= 0.6 is 0 Å². The number of nitrogens with one attached hydrogen (secondary N) is 1. The van der Waals surface area contributed by atoms with Gasteiger partial charge in [-0.25, -0.2) is 0 Å². The molecule has 10 heteroatoms. The number of nitrogens with two attached hydrogens (primary N) is 2. The topological polar surface area (TPSA) is 135 Å². The number of anilines is 2. The van der Waals surface area contributed by atoms with E-state index in [0.29, 0.717) is 18.2 Å². The van der Waals surface area contributed by atoms with E-state index in [4.69, 9.17) is 16.2 Å². The third-order valence-electron chi connectivity index (χ3n) is 9.31. The van der Waals surface area contributed by atoms with Crippen molar-refractivity contribution in [2.45, 2.75) is 83.5 Å². The van der Waals surface area contributed by atoms with Crippen LogP contribution in [0.2, 0.25) is 0 Å². The van der Waals surface area contributed by atoms with Gasteiger partial charge in [0.2, 0.25) is 0 Å². The van der Waals surface area contributed by atoms with Crippen molar-refractivity contribution in [3.05, 3.63) is 47.9 Å². The highest BCUT2D eigenvalue weighted by atomic mass is 16.2. The SMILES string of the molecule is C[C@H]1CC[C@H](c2ccc3nn(C4CC(C)(C)N(C)C(C)(C)C4)cc3c2)N(C(=O)C(=O)Nc2cncc(C=[NH2+])c2N)C1. The predicted octanol–water partition coefficient (Wildman–Crippen LogP) is 2.95. The van der Waals surface area contributed by atoms with Crippen molar-refractivity contribution in [3.8, 4) is 0 Å². The number of piperidine rings is 2. The van der Waals surface area contributed by atoms with E-state index in [1.807, 2.05) is 12.1 Å². The molecule has 5 N–H and O–H groups in total. The molecular weight excluding hydrogens is 516 g/mol. The molecule has 2 aliphatic rings. The lowest BCUT2D eigenvalue weighted by Crippen LogP contribution is -2.58. The zero-order valence-corrected chi connectivity index (χ0v) is 25.0. The Balaban J connectivity index is 1.40. The average Bonchev–Trinajstić information content (AvgIpc) is 3.35. The van der Waals surface area contributed by atoms with Crippen molar-refractivity contribution in [2.75, 3.05) is 24.6 Å². The van der Waals surface area contributed by atoms with Gasteiger partial charge in [0.25, 0.3) is 0 Å². The van der Waals surface area contributed by atoms with Gasteiger partial charge in [0.05, 0.1) is 40.7 Å². The van der Waals surface area contributed by atoms with Crippen molar-refractivity contribution in [3.63, 3.8) is 0 Å². The molecule has 0 radical (unpaired) electrons. The molecule has 0 spiro atoms. The number of aromatic nitrogens is 3. The summed E-state index contributed by atoms with van der Waals surface area (Å²) < 4.78 is 2.13. The van der Waals surface area contributed by atoms with Gasteiger partial charge in [0.15, 0.2) is 6.21 Å². The summed E-state index contributed by atoms with van der Waals surface area (Å²) in [6.45, 7) is 11.8. The quantitative estimate of drug-likeness (QED) is 0.332. The molecule has 2 aromatic heterocycles. The van der Waals surface area contributed by atoms with Gasteiger partial charge in [-0.1, -0.05) is 13.0 Å². The zero-order chi connectivity index (χ0) is 29.7. The second-order valence-corrected chi connectivity index (χ2v) is 13.1. The third-order valence-corrected chi connectivity index (χ3v) is 9.31.